The van der Waals surface area contributed by atoms with Gasteiger partial charge in [0, 0.05) is 30.1 Å². The number of aromatic amines is 2. The van der Waals surface area contributed by atoms with Gasteiger partial charge in [-0.05, 0) is 37.3 Å². The molecule has 1 aliphatic rings. The molecule has 1 aliphatic heterocycles. The van der Waals surface area contributed by atoms with Gasteiger partial charge in [0.25, 0.3) is 5.91 Å². The summed E-state index contributed by atoms with van der Waals surface area (Å²) in [7, 11) is 0. The first-order valence-electron chi connectivity index (χ1n) is 10.8. The Morgan fingerprint density at radius 3 is 3.00 bits per heavy atom. The summed E-state index contributed by atoms with van der Waals surface area (Å²) in [6, 6.07) is 13.9. The molecule has 33 heavy (non-hydrogen) atoms. The van der Waals surface area contributed by atoms with Gasteiger partial charge in [-0.2, -0.15) is 10.2 Å². The van der Waals surface area contributed by atoms with Gasteiger partial charge >= 0.3 is 0 Å². The van der Waals surface area contributed by atoms with Crippen LogP contribution in [0.25, 0.3) is 10.9 Å². The van der Waals surface area contributed by atoms with Crippen molar-refractivity contribution in [3.05, 3.63) is 77.0 Å². The van der Waals surface area contributed by atoms with Crippen LogP contribution < -0.4 is 4.74 Å². The molecule has 0 bridgehead atoms. The number of benzene rings is 2. The quantitative estimate of drug-likeness (QED) is 0.469. The second-order valence-corrected chi connectivity index (χ2v) is 8.11. The van der Waals surface area contributed by atoms with Gasteiger partial charge in [-0.3, -0.25) is 15.0 Å². The summed E-state index contributed by atoms with van der Waals surface area (Å²) in [5, 5.41) is 15.4. The minimum atomic E-state index is -0.331. The van der Waals surface area contributed by atoms with Gasteiger partial charge in [-0.25, -0.2) is 4.39 Å². The fourth-order valence-corrected chi connectivity index (χ4v) is 3.96. The Labute approximate surface area is 189 Å². The molecule has 170 valence electrons. The molecule has 8 nitrogen and oxygen atoms in total. The van der Waals surface area contributed by atoms with Gasteiger partial charge in [-0.1, -0.05) is 17.7 Å². The number of amides is 1. The smallest absolute Gasteiger partial charge is 0.275 e. The van der Waals surface area contributed by atoms with Crippen molar-refractivity contribution in [2.45, 2.75) is 19.4 Å². The second-order valence-electron chi connectivity index (χ2n) is 8.11. The lowest BCUT2D eigenvalue weighted by molar-refractivity contribution is -0.0248. The first-order chi connectivity index (χ1) is 16.1. The second kappa shape index (κ2) is 9.03. The van der Waals surface area contributed by atoms with Crippen LogP contribution in [0.1, 0.15) is 33.5 Å². The van der Waals surface area contributed by atoms with E-state index in [2.05, 4.69) is 20.4 Å². The Hall–Kier alpha value is -3.72. The summed E-state index contributed by atoms with van der Waals surface area (Å²) in [6.07, 6.45) is 0.251. The summed E-state index contributed by atoms with van der Waals surface area (Å²) in [5.41, 5.74) is 3.94. The normalized spacial score (nSPS) is 16.3. The molecule has 2 N–H and O–H groups in total. The first-order valence-corrected chi connectivity index (χ1v) is 10.8. The molecular formula is C24H24FN5O3. The van der Waals surface area contributed by atoms with E-state index in [4.69, 9.17) is 9.47 Å². The number of rotatable bonds is 6. The first kappa shape index (κ1) is 21.1. The van der Waals surface area contributed by atoms with Crippen LogP contribution in [-0.4, -0.2) is 57.5 Å². The number of nitrogens with one attached hydrogen (secondary N) is 2. The molecule has 0 spiro atoms. The number of hydrogen-bond donors (Lipinski definition) is 2. The Balaban J connectivity index is 1.22. The van der Waals surface area contributed by atoms with Crippen LogP contribution in [-0.2, 0) is 11.2 Å². The molecule has 1 atom stereocenters. The summed E-state index contributed by atoms with van der Waals surface area (Å²) >= 11 is 0. The standard InChI is InChI=1S/C24H24FN5O3/c1-15-5-6-20-19(11-15)23(29-27-20)24(31)30-8-10-33-22(14-30)21-13-17(26-28-21)7-9-32-18-4-2-3-16(25)12-18/h2-6,11-13,22H,7-10,14H2,1H3,(H,26,28)(H,27,29)/t22-/m0/s1. The monoisotopic (exact) mass is 449 g/mol. The van der Waals surface area contributed by atoms with Gasteiger partial charge in [-0.15, -0.1) is 0 Å². The molecule has 0 unspecified atom stereocenters. The van der Waals surface area contributed by atoms with Crippen LogP contribution in [0.15, 0.2) is 48.5 Å². The minimum absolute atomic E-state index is 0.126. The fraction of sp³-hybridized carbons (Fsp3) is 0.292. The lowest BCUT2D eigenvalue weighted by Gasteiger charge is -2.31. The van der Waals surface area contributed by atoms with E-state index in [-0.39, 0.29) is 17.8 Å². The lowest BCUT2D eigenvalue weighted by Crippen LogP contribution is -2.42. The Morgan fingerprint density at radius 2 is 2.12 bits per heavy atom. The molecule has 1 fully saturated rings. The third-order valence-corrected chi connectivity index (χ3v) is 5.69. The number of carbonyl (C=O) groups excluding carboxylic acids is 1. The number of carbonyl (C=O) groups is 1. The average molecular weight is 449 g/mol. The highest BCUT2D eigenvalue weighted by molar-refractivity contribution is 6.04. The van der Waals surface area contributed by atoms with Crippen molar-refractivity contribution in [3.8, 4) is 5.75 Å². The van der Waals surface area contributed by atoms with Crippen molar-refractivity contribution in [2.24, 2.45) is 0 Å². The molecule has 0 aliphatic carbocycles. The van der Waals surface area contributed by atoms with Gasteiger partial charge in [0.2, 0.25) is 0 Å². The predicted molar refractivity (Wildman–Crippen MR) is 120 cm³/mol. The largest absolute Gasteiger partial charge is 0.493 e. The SMILES string of the molecule is Cc1ccc2[nH]nc(C(=O)N3CCO[C@H](c4cc(CCOc5cccc(F)c5)[nH]n4)C3)c2c1. The number of morpholine rings is 1. The van der Waals surface area contributed by atoms with E-state index in [9.17, 15) is 9.18 Å². The van der Waals surface area contributed by atoms with Crippen LogP contribution in [0, 0.1) is 12.7 Å². The number of ether oxygens (including phenoxy) is 2. The Morgan fingerprint density at radius 1 is 1.21 bits per heavy atom. The maximum absolute atomic E-state index is 13.3. The molecule has 3 heterocycles. The van der Waals surface area contributed by atoms with E-state index in [1.165, 1.54) is 12.1 Å². The number of H-pyrrole nitrogens is 2. The van der Waals surface area contributed by atoms with E-state index >= 15 is 0 Å². The number of hydrogen-bond acceptors (Lipinski definition) is 5. The van der Waals surface area contributed by atoms with Crippen LogP contribution in [0.2, 0.25) is 0 Å². The summed E-state index contributed by atoms with van der Waals surface area (Å²) in [5.74, 6) is 0.0304. The van der Waals surface area contributed by atoms with Gasteiger partial charge in [0.1, 0.15) is 17.7 Å². The van der Waals surface area contributed by atoms with Crippen molar-refractivity contribution in [2.75, 3.05) is 26.3 Å². The Kier molecular flexibility index (Phi) is 5.78. The zero-order chi connectivity index (χ0) is 22.8. The lowest BCUT2D eigenvalue weighted by atomic mass is 10.1. The predicted octanol–water partition coefficient (Wildman–Crippen LogP) is 3.57. The summed E-state index contributed by atoms with van der Waals surface area (Å²) in [4.78, 5) is 14.9. The maximum atomic E-state index is 13.3. The van der Waals surface area contributed by atoms with Crippen LogP contribution in [0.4, 0.5) is 4.39 Å². The van der Waals surface area contributed by atoms with E-state index in [1.807, 2.05) is 31.2 Å². The third kappa shape index (κ3) is 4.58. The number of aryl methyl sites for hydroxylation is 1. The number of halogens is 1. The summed E-state index contributed by atoms with van der Waals surface area (Å²) in [6.45, 7) is 3.68. The molecule has 4 aromatic rings. The highest BCUT2D eigenvalue weighted by Gasteiger charge is 2.29. The molecule has 1 amide bonds. The molecular weight excluding hydrogens is 425 g/mol. The summed E-state index contributed by atoms with van der Waals surface area (Å²) < 4.78 is 24.7. The zero-order valence-corrected chi connectivity index (χ0v) is 18.2. The van der Waals surface area contributed by atoms with Crippen molar-refractivity contribution in [1.29, 1.82) is 0 Å². The minimum Gasteiger partial charge on any atom is -0.493 e. The van der Waals surface area contributed by atoms with E-state index < -0.39 is 0 Å². The maximum Gasteiger partial charge on any atom is 0.275 e. The van der Waals surface area contributed by atoms with Gasteiger partial charge in [0.15, 0.2) is 5.69 Å². The molecule has 0 radical (unpaired) electrons. The fourth-order valence-electron chi connectivity index (χ4n) is 3.96. The van der Waals surface area contributed by atoms with Crippen LogP contribution in [0.5, 0.6) is 5.75 Å². The Bertz CT molecular complexity index is 1280. The van der Waals surface area contributed by atoms with Crippen LogP contribution in [0.3, 0.4) is 0 Å². The topological polar surface area (TPSA) is 96.1 Å². The van der Waals surface area contributed by atoms with Crippen molar-refractivity contribution < 1.29 is 18.7 Å². The highest BCUT2D eigenvalue weighted by Crippen LogP contribution is 2.25. The van der Waals surface area contributed by atoms with E-state index in [0.29, 0.717) is 44.2 Å². The van der Waals surface area contributed by atoms with Crippen molar-refractivity contribution in [3.63, 3.8) is 0 Å². The molecule has 9 heteroatoms. The van der Waals surface area contributed by atoms with Gasteiger partial charge in [0.05, 0.1) is 31.0 Å². The molecule has 2 aromatic heterocycles. The zero-order valence-electron chi connectivity index (χ0n) is 18.2. The molecule has 5 rings (SSSR count). The number of nitrogens with zero attached hydrogens (tertiary/aromatic N) is 3. The third-order valence-electron chi connectivity index (χ3n) is 5.69. The van der Waals surface area contributed by atoms with E-state index in [1.54, 1.807) is 17.0 Å². The molecule has 0 saturated carbocycles. The number of aromatic nitrogens is 4. The van der Waals surface area contributed by atoms with Crippen LogP contribution >= 0.6 is 0 Å². The number of fused-ring (bicyclic) bond motifs is 1. The van der Waals surface area contributed by atoms with Gasteiger partial charge < -0.3 is 14.4 Å². The molecule has 1 saturated heterocycles. The van der Waals surface area contributed by atoms with Crippen molar-refractivity contribution >= 4 is 16.8 Å². The van der Waals surface area contributed by atoms with Crippen molar-refractivity contribution in [1.82, 2.24) is 25.3 Å². The highest BCUT2D eigenvalue weighted by atomic mass is 19.1. The molecule has 2 aromatic carbocycles. The average Bonchev–Trinajstić information content (AvgIpc) is 3.46. The van der Waals surface area contributed by atoms with E-state index in [0.717, 1.165) is 27.9 Å².